The number of anilines is 1. The van der Waals surface area contributed by atoms with Crippen molar-refractivity contribution in [2.45, 2.75) is 13.8 Å². The molecule has 0 aliphatic heterocycles. The van der Waals surface area contributed by atoms with E-state index in [0.717, 1.165) is 22.6 Å². The molecule has 0 spiro atoms. The van der Waals surface area contributed by atoms with Crippen LogP contribution in [0.3, 0.4) is 0 Å². The Morgan fingerprint density at radius 2 is 1.92 bits per heavy atom. The Hall–Kier alpha value is -2.37. The molecule has 0 aliphatic rings. The normalized spacial score (nSPS) is 11.2. The number of aryl methyl sites for hydroxylation is 1. The highest BCUT2D eigenvalue weighted by atomic mass is 35.5. The molecule has 0 saturated carbocycles. The topological polar surface area (TPSA) is 55.1 Å². The summed E-state index contributed by atoms with van der Waals surface area (Å²) in [4.78, 5) is 4.10. The number of nitrogens with zero attached hydrogens (tertiary/aromatic N) is 4. The summed E-state index contributed by atoms with van der Waals surface area (Å²) in [5.41, 5.74) is 6.66. The van der Waals surface area contributed by atoms with E-state index in [9.17, 15) is 0 Å². The van der Waals surface area contributed by atoms with Gasteiger partial charge < -0.3 is 0 Å². The van der Waals surface area contributed by atoms with E-state index in [4.69, 9.17) is 23.2 Å². The van der Waals surface area contributed by atoms with Crippen LogP contribution in [0.1, 0.15) is 17.0 Å². The van der Waals surface area contributed by atoms with Crippen LogP contribution in [0.15, 0.2) is 47.7 Å². The van der Waals surface area contributed by atoms with Gasteiger partial charge in [0.05, 0.1) is 33.3 Å². The van der Waals surface area contributed by atoms with Gasteiger partial charge in [-0.1, -0.05) is 41.4 Å². The second-order valence-corrected chi connectivity index (χ2v) is 6.03. The van der Waals surface area contributed by atoms with Crippen molar-refractivity contribution in [3.63, 3.8) is 0 Å². The van der Waals surface area contributed by atoms with Crippen molar-refractivity contribution in [1.29, 1.82) is 0 Å². The van der Waals surface area contributed by atoms with Gasteiger partial charge in [-0.3, -0.25) is 5.43 Å². The molecular weight excluding hydrogens is 345 g/mol. The van der Waals surface area contributed by atoms with Crippen molar-refractivity contribution in [3.8, 4) is 5.69 Å². The van der Waals surface area contributed by atoms with Gasteiger partial charge in [-0.05, 0) is 32.0 Å². The summed E-state index contributed by atoms with van der Waals surface area (Å²) in [5, 5.41) is 9.67. The first-order chi connectivity index (χ1) is 11.6. The average molecular weight is 360 g/mol. The third-order valence-electron chi connectivity index (χ3n) is 3.52. The lowest BCUT2D eigenvalue weighted by atomic mass is 10.2. The van der Waals surface area contributed by atoms with Gasteiger partial charge in [-0.15, -0.1) is 0 Å². The minimum atomic E-state index is 0.410. The number of rotatable bonds is 4. The number of halogens is 2. The second kappa shape index (κ2) is 7.03. The van der Waals surface area contributed by atoms with Crippen LogP contribution in [0.2, 0.25) is 10.0 Å². The number of benzene rings is 1. The van der Waals surface area contributed by atoms with Gasteiger partial charge in [0.25, 0.3) is 0 Å². The molecule has 0 amide bonds. The van der Waals surface area contributed by atoms with Crippen molar-refractivity contribution < 1.29 is 0 Å². The zero-order valence-corrected chi connectivity index (χ0v) is 14.7. The number of nitrogens with one attached hydrogen (secondary N) is 1. The van der Waals surface area contributed by atoms with Gasteiger partial charge in [0, 0.05) is 11.8 Å². The van der Waals surface area contributed by atoms with E-state index >= 15 is 0 Å². The van der Waals surface area contributed by atoms with Crippen LogP contribution in [0, 0.1) is 13.8 Å². The van der Waals surface area contributed by atoms with Gasteiger partial charge in [-0.2, -0.15) is 10.2 Å². The van der Waals surface area contributed by atoms with Crippen molar-refractivity contribution in [2.75, 3.05) is 5.43 Å². The first kappa shape index (κ1) is 16.5. The van der Waals surface area contributed by atoms with Gasteiger partial charge in [0.1, 0.15) is 0 Å². The summed E-state index contributed by atoms with van der Waals surface area (Å²) in [6, 6.07) is 11.6. The van der Waals surface area contributed by atoms with Crippen LogP contribution in [-0.2, 0) is 0 Å². The van der Waals surface area contributed by atoms with Crippen molar-refractivity contribution in [3.05, 3.63) is 69.6 Å². The fourth-order valence-electron chi connectivity index (χ4n) is 2.32. The molecule has 0 unspecified atom stereocenters. The quantitative estimate of drug-likeness (QED) is 0.545. The largest absolute Gasteiger partial charge is 0.260 e. The molecule has 0 saturated heterocycles. The molecule has 2 aromatic heterocycles. The summed E-state index contributed by atoms with van der Waals surface area (Å²) in [7, 11) is 0. The number of hydrazone groups is 1. The molecule has 1 N–H and O–H groups in total. The molecule has 0 fully saturated rings. The number of hydrogen-bond acceptors (Lipinski definition) is 4. The van der Waals surface area contributed by atoms with E-state index in [1.807, 2.05) is 48.9 Å². The van der Waals surface area contributed by atoms with Crippen LogP contribution in [0.25, 0.3) is 5.69 Å². The number of para-hydroxylation sites is 1. The highest BCUT2D eigenvalue weighted by Gasteiger charge is 2.11. The zero-order chi connectivity index (χ0) is 17.1. The number of hydrogen-bond donors (Lipinski definition) is 1. The fourth-order valence-corrected chi connectivity index (χ4v) is 2.74. The molecule has 24 heavy (non-hydrogen) atoms. The Balaban J connectivity index is 1.84. The van der Waals surface area contributed by atoms with E-state index in [-0.39, 0.29) is 0 Å². The minimum absolute atomic E-state index is 0.410. The first-order valence-electron chi connectivity index (χ1n) is 7.28. The summed E-state index contributed by atoms with van der Waals surface area (Å²) < 4.78 is 1.89. The Bertz CT molecular complexity index is 887. The van der Waals surface area contributed by atoms with Crippen LogP contribution >= 0.6 is 23.2 Å². The standard InChI is InChI=1S/C17H15Cl2N5/c1-11-15(10-21-22-17-16(19)8-13(18)9-20-17)12(2)24(23-11)14-6-4-3-5-7-14/h3-10H,1-2H3,(H,20,22)/b21-10-. The van der Waals surface area contributed by atoms with E-state index in [1.54, 1.807) is 12.3 Å². The Kier molecular flexibility index (Phi) is 4.83. The Morgan fingerprint density at radius 3 is 2.62 bits per heavy atom. The third-order valence-corrected chi connectivity index (χ3v) is 4.01. The highest BCUT2D eigenvalue weighted by Crippen LogP contribution is 2.22. The maximum atomic E-state index is 6.06. The maximum absolute atomic E-state index is 6.06. The summed E-state index contributed by atoms with van der Waals surface area (Å²) in [6.45, 7) is 3.95. The average Bonchev–Trinajstić information content (AvgIpc) is 2.85. The molecule has 3 aromatic rings. The number of pyridine rings is 1. The summed E-state index contributed by atoms with van der Waals surface area (Å²) in [5.74, 6) is 0.447. The lowest BCUT2D eigenvalue weighted by Gasteiger charge is -2.04. The molecule has 0 atom stereocenters. The molecule has 0 radical (unpaired) electrons. The van der Waals surface area contributed by atoms with Gasteiger partial charge >= 0.3 is 0 Å². The van der Waals surface area contributed by atoms with Crippen molar-refractivity contribution >= 4 is 35.2 Å². The minimum Gasteiger partial charge on any atom is -0.260 e. The third kappa shape index (κ3) is 3.42. The molecule has 3 rings (SSSR count). The van der Waals surface area contributed by atoms with Crippen LogP contribution in [0.4, 0.5) is 5.82 Å². The smallest absolute Gasteiger partial charge is 0.165 e. The summed E-state index contributed by atoms with van der Waals surface area (Å²) >= 11 is 11.9. The predicted molar refractivity (Wildman–Crippen MR) is 98.5 cm³/mol. The van der Waals surface area contributed by atoms with E-state index in [0.29, 0.717) is 15.9 Å². The molecule has 122 valence electrons. The predicted octanol–water partition coefficient (Wildman–Crippen LogP) is 4.64. The number of aromatic nitrogens is 3. The Labute approximate surface area is 149 Å². The van der Waals surface area contributed by atoms with Gasteiger partial charge in [0.15, 0.2) is 5.82 Å². The molecule has 0 aliphatic carbocycles. The molecule has 0 bridgehead atoms. The lowest BCUT2D eigenvalue weighted by Crippen LogP contribution is -1.99. The van der Waals surface area contributed by atoms with Crippen molar-refractivity contribution in [1.82, 2.24) is 14.8 Å². The molecule has 1 aromatic carbocycles. The molecule has 5 nitrogen and oxygen atoms in total. The van der Waals surface area contributed by atoms with Crippen molar-refractivity contribution in [2.24, 2.45) is 5.10 Å². The van der Waals surface area contributed by atoms with Crippen LogP contribution in [0.5, 0.6) is 0 Å². The van der Waals surface area contributed by atoms with Crippen LogP contribution < -0.4 is 5.43 Å². The zero-order valence-electron chi connectivity index (χ0n) is 13.2. The van der Waals surface area contributed by atoms with E-state index in [1.165, 1.54) is 6.20 Å². The van der Waals surface area contributed by atoms with Gasteiger partial charge in [-0.25, -0.2) is 9.67 Å². The molecule has 2 heterocycles. The molecular formula is C17H15Cl2N5. The SMILES string of the molecule is Cc1nn(-c2ccccc2)c(C)c1/C=N\Nc1ncc(Cl)cc1Cl. The fraction of sp³-hybridized carbons (Fsp3) is 0.118. The van der Waals surface area contributed by atoms with Gasteiger partial charge in [0.2, 0.25) is 0 Å². The highest BCUT2D eigenvalue weighted by molar-refractivity contribution is 6.35. The van der Waals surface area contributed by atoms with E-state index < -0.39 is 0 Å². The second-order valence-electron chi connectivity index (χ2n) is 5.19. The maximum Gasteiger partial charge on any atom is 0.165 e. The summed E-state index contributed by atoms with van der Waals surface area (Å²) in [6.07, 6.45) is 3.22. The first-order valence-corrected chi connectivity index (χ1v) is 8.03. The van der Waals surface area contributed by atoms with Crippen LogP contribution in [-0.4, -0.2) is 21.0 Å². The molecule has 7 heteroatoms. The Morgan fingerprint density at radius 1 is 1.17 bits per heavy atom. The monoisotopic (exact) mass is 359 g/mol. The lowest BCUT2D eigenvalue weighted by molar-refractivity contribution is 0.833. The van der Waals surface area contributed by atoms with E-state index in [2.05, 4.69) is 20.6 Å².